The highest BCUT2D eigenvalue weighted by Gasteiger charge is 2.45. The number of nitrogens with zero attached hydrogens (tertiary/aromatic N) is 8. The zero-order chi connectivity index (χ0) is 76.1. The minimum Gasteiger partial charge on any atom is -0.391 e. The molecule has 6 N–H and O–H groups in total. The molecule has 1 unspecified atom stereocenters. The van der Waals surface area contributed by atoms with Crippen LogP contribution in [0.4, 0.5) is 8.78 Å². The van der Waals surface area contributed by atoms with Crippen molar-refractivity contribution in [2.75, 3.05) is 88.2 Å². The normalized spacial score (nSPS) is 27.0. The lowest BCUT2D eigenvalue weighted by Crippen LogP contribution is -2.62. The summed E-state index contributed by atoms with van der Waals surface area (Å²) >= 11 is 0. The van der Waals surface area contributed by atoms with Crippen LogP contribution in [-0.4, -0.2) is 282 Å². The molecule has 12 atom stereocenters. The van der Waals surface area contributed by atoms with Crippen LogP contribution in [0.3, 0.4) is 0 Å². The average molecular weight is 1430 g/mol. The number of aliphatic hydroxyl groups is 1. The Morgan fingerprint density at radius 1 is 0.584 bits per heavy atom. The molecule has 0 aliphatic carbocycles. The summed E-state index contributed by atoms with van der Waals surface area (Å²) in [6, 6.07) is -6.06. The summed E-state index contributed by atoms with van der Waals surface area (Å²) in [6.45, 7) is 18.9. The molecule has 570 valence electrons. The van der Waals surface area contributed by atoms with Crippen molar-refractivity contribution in [3.63, 3.8) is 0 Å². The molecule has 3 aliphatic rings. The minimum absolute atomic E-state index is 0.00499. The Morgan fingerprint density at radius 3 is 1.63 bits per heavy atom. The van der Waals surface area contributed by atoms with Crippen LogP contribution >= 0.6 is 0 Å². The van der Waals surface area contributed by atoms with Crippen molar-refractivity contribution in [1.82, 2.24) is 65.8 Å². The molecule has 3 heterocycles. The largest absolute Gasteiger partial charge is 0.391 e. The molecule has 3 aliphatic heterocycles. The van der Waals surface area contributed by atoms with E-state index in [0.29, 0.717) is 44.3 Å². The third-order valence-electron chi connectivity index (χ3n) is 19.5. The number of hydrogen-bond acceptors (Lipinski definition) is 15. The molecule has 0 aromatic heterocycles. The monoisotopic (exact) mass is 1430 g/mol. The van der Waals surface area contributed by atoms with Crippen LogP contribution in [0, 0.1) is 23.7 Å². The number of amides is 12. The van der Waals surface area contributed by atoms with Gasteiger partial charge in [-0.3, -0.25) is 57.5 Å². The average Bonchev–Trinajstić information content (AvgIpc) is 1.21. The number of halogens is 2. The number of alkyl halides is 2. The quantitative estimate of drug-likeness (QED) is 0.116. The van der Waals surface area contributed by atoms with Crippen LogP contribution < -0.4 is 26.6 Å². The predicted molar refractivity (Wildman–Crippen MR) is 377 cm³/mol. The second-order valence-electron chi connectivity index (χ2n) is 29.5. The second kappa shape index (κ2) is 39.9. The van der Waals surface area contributed by atoms with Crippen molar-refractivity contribution in [1.29, 1.82) is 0 Å². The number of likely N-dealkylation sites (N-methyl/N-ethyl adjacent to an activating group) is 6. The highest BCUT2D eigenvalue weighted by molar-refractivity contribution is 6.00. The summed E-state index contributed by atoms with van der Waals surface area (Å²) in [5.74, 6) is -13.6. The number of carbonyl (C=O) groups excluding carboxylic acids is 12. The van der Waals surface area contributed by atoms with E-state index in [2.05, 4.69) is 26.6 Å². The van der Waals surface area contributed by atoms with Crippen LogP contribution in [0.2, 0.25) is 0 Å². The van der Waals surface area contributed by atoms with Gasteiger partial charge in [-0.2, -0.15) is 0 Å². The SMILES string of the molecule is CCCCN1CC(=O)N(C)[C@@H](CC(C)C)C(=O)N[C@H](C(=O)N2CCCCC2)CC(=O)N(C)[C@@H](C)C(=O)N[C@@H](COC[C@@H]2CC(F)(F)CN2)C(=O)N(C)[C@@H](CC(C)C)C(=O)N(C)[C@@H](CC)C(=O)N[C@@H](C(C)C)C(=O)N(C)[C@@H](Cc2ccccc2)C(=O)N(C)C(CC(C)C)C(=O)N[C@@H]([C@@H](C)O)C1=O. The lowest BCUT2D eigenvalue weighted by molar-refractivity contribution is -0.152. The lowest BCUT2D eigenvalue weighted by atomic mass is 9.96. The van der Waals surface area contributed by atoms with E-state index < -0.39 is 188 Å². The molecule has 4 rings (SSSR count). The summed E-state index contributed by atoms with van der Waals surface area (Å²) < 4.78 is 34.6. The van der Waals surface area contributed by atoms with E-state index in [1.54, 1.807) is 51.1 Å². The van der Waals surface area contributed by atoms with Crippen molar-refractivity contribution in [3.8, 4) is 0 Å². The summed E-state index contributed by atoms with van der Waals surface area (Å²) in [4.78, 5) is 189. The third kappa shape index (κ3) is 24.7. The van der Waals surface area contributed by atoms with Gasteiger partial charge in [-0.15, -0.1) is 0 Å². The smallest absolute Gasteiger partial charge is 0.261 e. The summed E-state index contributed by atoms with van der Waals surface area (Å²) in [7, 11) is 8.19. The predicted octanol–water partition coefficient (Wildman–Crippen LogP) is 2.79. The number of piperidine rings is 1. The van der Waals surface area contributed by atoms with Gasteiger partial charge in [0.25, 0.3) is 5.92 Å². The standard InChI is InChI=1S/C72H119F2N13O14/c1-19-21-30-87-39-59(90)81(14)54(33-43(3)4)64(93)76-51(67(96)86-31-26-23-27-32-86)37-58(89)80(13)47(11)62(91)77-52(41-101-40-50-38-72(73,74)42-75-50)66(95)84(17)56(35-45(7)8)68(97)82(15)53(20-2)63(92)78-60(46(9)10)70(99)85(18)57(36-49-28-24-22-25-29-49)69(98)83(16)55(34-44(5)6)65(94)79-61(48(12)88)71(87)100/h22,24-25,28-29,43-48,50-57,60-61,75,88H,19-21,23,26-27,30-42H2,1-18H3,(H,76,93)(H,77,91)(H,78,92)(H,79,94)/t47-,48+,50-,51-,52-,53-,54-,55?,56-,57-,60-,61-/m0/s1. The van der Waals surface area contributed by atoms with Crippen LogP contribution in [0.25, 0.3) is 0 Å². The maximum atomic E-state index is 15.4. The number of rotatable bonds is 19. The van der Waals surface area contributed by atoms with E-state index >= 15 is 19.2 Å². The van der Waals surface area contributed by atoms with Gasteiger partial charge in [0.1, 0.15) is 60.4 Å². The van der Waals surface area contributed by atoms with Gasteiger partial charge in [-0.1, -0.05) is 106 Å². The zero-order valence-corrected chi connectivity index (χ0v) is 63.1. The van der Waals surface area contributed by atoms with E-state index in [1.807, 2.05) is 48.5 Å². The van der Waals surface area contributed by atoms with Crippen molar-refractivity contribution in [3.05, 3.63) is 35.9 Å². The fourth-order valence-corrected chi connectivity index (χ4v) is 12.9. The second-order valence-corrected chi connectivity index (χ2v) is 29.5. The molecule has 0 bridgehead atoms. The highest BCUT2D eigenvalue weighted by Crippen LogP contribution is 2.27. The molecule has 12 amide bonds. The number of ether oxygens (including phenoxy) is 1. The number of benzene rings is 1. The first-order chi connectivity index (χ1) is 47.3. The number of aliphatic hydroxyl groups excluding tert-OH is 1. The van der Waals surface area contributed by atoms with Gasteiger partial charge in [-0.05, 0) is 94.4 Å². The number of nitrogens with one attached hydrogen (secondary N) is 5. The molecule has 3 fully saturated rings. The zero-order valence-electron chi connectivity index (χ0n) is 63.1. The summed E-state index contributed by atoms with van der Waals surface area (Å²) in [5, 5.41) is 25.1. The number of carbonyl (C=O) groups is 12. The van der Waals surface area contributed by atoms with Gasteiger partial charge < -0.3 is 75.6 Å². The number of unbranched alkanes of at least 4 members (excludes halogenated alkanes) is 1. The fraction of sp³-hybridized carbons (Fsp3) is 0.750. The van der Waals surface area contributed by atoms with Crippen molar-refractivity contribution >= 4 is 70.9 Å². The fourth-order valence-electron chi connectivity index (χ4n) is 12.9. The molecule has 0 saturated carbocycles. The molecule has 0 radical (unpaired) electrons. The summed E-state index contributed by atoms with van der Waals surface area (Å²) in [5.41, 5.74) is 0.637. The minimum atomic E-state index is -3.03. The Morgan fingerprint density at radius 2 is 1.10 bits per heavy atom. The Hall–Kier alpha value is -7.40. The van der Waals surface area contributed by atoms with Gasteiger partial charge in [0.05, 0.1) is 38.8 Å². The van der Waals surface area contributed by atoms with E-state index in [-0.39, 0.29) is 63.0 Å². The number of likely N-dealkylation sites (tertiary alicyclic amines) is 1. The van der Waals surface area contributed by atoms with Gasteiger partial charge in [0, 0.05) is 80.8 Å². The first-order valence-electron chi connectivity index (χ1n) is 36.1. The van der Waals surface area contributed by atoms with Crippen LogP contribution in [0.15, 0.2) is 30.3 Å². The Bertz CT molecular complexity index is 2970. The topological polar surface area (TPSA) is 320 Å². The molecule has 0 spiro atoms. The summed E-state index contributed by atoms with van der Waals surface area (Å²) in [6.07, 6.45) is 0.266. The van der Waals surface area contributed by atoms with Gasteiger partial charge in [-0.25, -0.2) is 8.78 Å². The maximum Gasteiger partial charge on any atom is 0.261 e. The molecule has 1 aromatic carbocycles. The van der Waals surface area contributed by atoms with Crippen molar-refractivity contribution in [2.45, 2.75) is 239 Å². The van der Waals surface area contributed by atoms with Gasteiger partial charge in [0.2, 0.25) is 70.9 Å². The molecule has 29 heteroatoms. The molecular weight excluding hydrogens is 1310 g/mol. The van der Waals surface area contributed by atoms with Crippen molar-refractivity contribution in [2.24, 2.45) is 23.7 Å². The van der Waals surface area contributed by atoms with E-state index in [9.17, 15) is 52.2 Å². The molecule has 1 aromatic rings. The van der Waals surface area contributed by atoms with E-state index in [0.717, 1.165) is 21.1 Å². The molecule has 3 saturated heterocycles. The van der Waals surface area contributed by atoms with Gasteiger partial charge >= 0.3 is 0 Å². The van der Waals surface area contributed by atoms with E-state index in [1.165, 1.54) is 80.6 Å². The Balaban J connectivity index is 1.95. The maximum absolute atomic E-state index is 15.4. The van der Waals surface area contributed by atoms with Crippen molar-refractivity contribution < 1.29 is 76.2 Å². The lowest BCUT2D eigenvalue weighted by Gasteiger charge is -2.38. The first-order valence-corrected chi connectivity index (χ1v) is 36.1. The molecule has 27 nitrogen and oxygen atoms in total. The number of hydrogen-bond donors (Lipinski definition) is 6. The Kier molecular flexibility index (Phi) is 34.0. The van der Waals surface area contributed by atoms with Crippen LogP contribution in [-0.2, 0) is 68.7 Å². The Labute approximate surface area is 597 Å². The van der Waals surface area contributed by atoms with E-state index in [4.69, 9.17) is 4.74 Å². The highest BCUT2D eigenvalue weighted by atomic mass is 19.3. The van der Waals surface area contributed by atoms with Crippen LogP contribution in [0.1, 0.15) is 159 Å². The third-order valence-corrected chi connectivity index (χ3v) is 19.5. The first kappa shape index (κ1) is 86.0. The molecule has 101 heavy (non-hydrogen) atoms. The van der Waals surface area contributed by atoms with Gasteiger partial charge in [0.15, 0.2) is 0 Å². The molecular formula is C72H119F2N13O14. The van der Waals surface area contributed by atoms with Crippen LogP contribution in [0.5, 0.6) is 0 Å².